The van der Waals surface area contributed by atoms with E-state index in [-0.39, 0.29) is 0 Å². The van der Waals surface area contributed by atoms with Gasteiger partial charge in [-0.05, 0) is 48.1 Å². The second-order valence-corrected chi connectivity index (χ2v) is 6.53. The smallest absolute Gasteiger partial charge is 0.0329 e. The molecule has 0 amide bonds. The van der Waals surface area contributed by atoms with Crippen molar-refractivity contribution < 1.29 is 0 Å². The normalized spacial score (nSPS) is 23.6. The highest BCUT2D eigenvalue weighted by Crippen LogP contribution is 2.27. The Balaban J connectivity index is 2.02. The zero-order valence-corrected chi connectivity index (χ0v) is 13.4. The summed E-state index contributed by atoms with van der Waals surface area (Å²) < 4.78 is 0. The van der Waals surface area contributed by atoms with Gasteiger partial charge in [0.15, 0.2) is 0 Å². The van der Waals surface area contributed by atoms with Gasteiger partial charge in [-0.25, -0.2) is 0 Å². The molecule has 3 heteroatoms. The van der Waals surface area contributed by atoms with Crippen LogP contribution in [-0.2, 0) is 6.42 Å². The maximum Gasteiger partial charge on any atom is 0.0329 e. The lowest BCUT2D eigenvalue weighted by atomic mass is 9.86. The van der Waals surface area contributed by atoms with E-state index >= 15 is 0 Å². The molecule has 0 aliphatic carbocycles. The lowest BCUT2D eigenvalue weighted by Crippen LogP contribution is -2.64. The molecule has 1 unspecified atom stereocenters. The Hall–Kier alpha value is -0.380. The summed E-state index contributed by atoms with van der Waals surface area (Å²) in [6, 6.07) is 2.94. The van der Waals surface area contributed by atoms with Gasteiger partial charge in [0, 0.05) is 31.2 Å². The first kappa shape index (κ1) is 15.0. The van der Waals surface area contributed by atoms with Crippen molar-refractivity contribution in [3.05, 3.63) is 22.4 Å². The van der Waals surface area contributed by atoms with Crippen molar-refractivity contribution in [1.82, 2.24) is 10.2 Å². The molecule has 0 bridgehead atoms. The molecule has 2 rings (SSSR count). The summed E-state index contributed by atoms with van der Waals surface area (Å²) in [6.45, 7) is 10.5. The summed E-state index contributed by atoms with van der Waals surface area (Å²) in [5.74, 6) is 0. The van der Waals surface area contributed by atoms with Crippen molar-refractivity contribution in [2.75, 3.05) is 19.6 Å². The molecule has 1 fully saturated rings. The second kappa shape index (κ2) is 6.87. The van der Waals surface area contributed by atoms with Gasteiger partial charge < -0.3 is 5.32 Å². The van der Waals surface area contributed by atoms with Gasteiger partial charge in [-0.2, -0.15) is 11.3 Å². The SMILES string of the molecule is CCC1CN(CCc2ccsc2)C(CC)(CC)CN1. The fraction of sp³-hybridized carbons (Fsp3) is 0.750. The Labute approximate surface area is 122 Å². The third-order valence-corrected chi connectivity index (χ3v) is 5.62. The van der Waals surface area contributed by atoms with Gasteiger partial charge >= 0.3 is 0 Å². The predicted octanol–water partition coefficient (Wildman–Crippen LogP) is 3.53. The topological polar surface area (TPSA) is 15.3 Å². The summed E-state index contributed by atoms with van der Waals surface area (Å²) in [5.41, 5.74) is 1.87. The highest BCUT2D eigenvalue weighted by molar-refractivity contribution is 7.07. The molecule has 0 radical (unpaired) electrons. The molecule has 1 aromatic heterocycles. The van der Waals surface area contributed by atoms with Crippen LogP contribution in [0, 0.1) is 0 Å². The van der Waals surface area contributed by atoms with Crippen LogP contribution in [0.25, 0.3) is 0 Å². The summed E-state index contributed by atoms with van der Waals surface area (Å²) in [6.07, 6.45) is 4.92. The van der Waals surface area contributed by atoms with E-state index in [1.54, 1.807) is 0 Å². The van der Waals surface area contributed by atoms with Gasteiger partial charge in [-0.15, -0.1) is 0 Å². The van der Waals surface area contributed by atoms with Gasteiger partial charge in [0.2, 0.25) is 0 Å². The molecule has 19 heavy (non-hydrogen) atoms. The molecule has 0 aromatic carbocycles. The summed E-state index contributed by atoms with van der Waals surface area (Å²) in [5, 5.41) is 8.23. The number of piperazine rings is 1. The Morgan fingerprint density at radius 1 is 1.37 bits per heavy atom. The Morgan fingerprint density at radius 3 is 2.74 bits per heavy atom. The summed E-state index contributed by atoms with van der Waals surface area (Å²) in [4.78, 5) is 2.76. The molecule has 1 aliphatic heterocycles. The minimum Gasteiger partial charge on any atom is -0.311 e. The first-order chi connectivity index (χ1) is 9.24. The molecule has 2 nitrogen and oxygen atoms in total. The Morgan fingerprint density at radius 2 is 2.16 bits per heavy atom. The van der Waals surface area contributed by atoms with Crippen molar-refractivity contribution in [2.24, 2.45) is 0 Å². The van der Waals surface area contributed by atoms with Crippen molar-refractivity contribution in [3.63, 3.8) is 0 Å². The van der Waals surface area contributed by atoms with Gasteiger partial charge in [-0.1, -0.05) is 20.8 Å². The van der Waals surface area contributed by atoms with Crippen molar-refractivity contribution in [2.45, 2.75) is 58.0 Å². The van der Waals surface area contributed by atoms with Crippen molar-refractivity contribution in [1.29, 1.82) is 0 Å². The van der Waals surface area contributed by atoms with E-state index in [0.717, 1.165) is 6.54 Å². The molecule has 1 aliphatic rings. The van der Waals surface area contributed by atoms with Crippen LogP contribution in [0.15, 0.2) is 16.8 Å². The van der Waals surface area contributed by atoms with Gasteiger partial charge in [0.05, 0.1) is 0 Å². The molecule has 0 spiro atoms. The van der Waals surface area contributed by atoms with E-state index < -0.39 is 0 Å². The minimum absolute atomic E-state index is 0.377. The molecule has 2 heterocycles. The highest BCUT2D eigenvalue weighted by Gasteiger charge is 2.37. The monoisotopic (exact) mass is 280 g/mol. The van der Waals surface area contributed by atoms with E-state index in [9.17, 15) is 0 Å². The fourth-order valence-corrected chi connectivity index (χ4v) is 3.92. The summed E-state index contributed by atoms with van der Waals surface area (Å²) >= 11 is 1.81. The fourth-order valence-electron chi connectivity index (χ4n) is 3.22. The zero-order valence-electron chi connectivity index (χ0n) is 12.6. The van der Waals surface area contributed by atoms with Gasteiger partial charge in [0.1, 0.15) is 0 Å². The quantitative estimate of drug-likeness (QED) is 0.857. The number of nitrogens with zero attached hydrogens (tertiary/aromatic N) is 1. The standard InChI is InChI=1S/C16H28N2S/c1-4-15-11-18(9-7-14-8-10-19-12-14)16(5-2,6-3)13-17-15/h8,10,12,15,17H,4-7,9,11,13H2,1-3H3. The number of hydrogen-bond acceptors (Lipinski definition) is 3. The lowest BCUT2D eigenvalue weighted by Gasteiger charge is -2.49. The van der Waals surface area contributed by atoms with E-state index in [1.165, 1.54) is 44.3 Å². The van der Waals surface area contributed by atoms with E-state index in [4.69, 9.17) is 0 Å². The molecule has 108 valence electrons. The van der Waals surface area contributed by atoms with Crippen LogP contribution in [-0.4, -0.2) is 36.1 Å². The van der Waals surface area contributed by atoms with Crippen molar-refractivity contribution in [3.8, 4) is 0 Å². The van der Waals surface area contributed by atoms with Crippen LogP contribution in [0.3, 0.4) is 0 Å². The molecule has 1 saturated heterocycles. The molecular formula is C16H28N2S. The Kier molecular flexibility index (Phi) is 5.43. The average molecular weight is 280 g/mol. The van der Waals surface area contributed by atoms with Gasteiger partial charge in [0.25, 0.3) is 0 Å². The third-order valence-electron chi connectivity index (χ3n) is 4.89. The Bertz CT molecular complexity index is 357. The number of rotatable bonds is 6. The molecular weight excluding hydrogens is 252 g/mol. The lowest BCUT2D eigenvalue weighted by molar-refractivity contribution is 0.0319. The van der Waals surface area contributed by atoms with Gasteiger partial charge in [-0.3, -0.25) is 4.90 Å². The van der Waals surface area contributed by atoms with Crippen molar-refractivity contribution >= 4 is 11.3 Å². The molecule has 0 saturated carbocycles. The first-order valence-corrected chi connectivity index (χ1v) is 8.68. The van der Waals surface area contributed by atoms with Crippen LogP contribution in [0.5, 0.6) is 0 Å². The van der Waals surface area contributed by atoms with E-state index in [1.807, 2.05) is 11.3 Å². The second-order valence-electron chi connectivity index (χ2n) is 5.75. The van der Waals surface area contributed by atoms with E-state index in [2.05, 4.69) is 47.8 Å². The molecule has 1 N–H and O–H groups in total. The zero-order chi connectivity index (χ0) is 13.7. The maximum absolute atomic E-state index is 3.75. The van der Waals surface area contributed by atoms with Crippen LogP contribution < -0.4 is 5.32 Å². The average Bonchev–Trinajstić information content (AvgIpc) is 2.98. The number of thiophene rings is 1. The van der Waals surface area contributed by atoms with Crippen LogP contribution in [0.4, 0.5) is 0 Å². The van der Waals surface area contributed by atoms with Crippen LogP contribution in [0.2, 0.25) is 0 Å². The first-order valence-electron chi connectivity index (χ1n) is 7.73. The minimum atomic E-state index is 0.377. The number of nitrogens with one attached hydrogen (secondary N) is 1. The third kappa shape index (κ3) is 3.39. The maximum atomic E-state index is 3.75. The summed E-state index contributed by atoms with van der Waals surface area (Å²) in [7, 11) is 0. The van der Waals surface area contributed by atoms with Crippen LogP contribution in [0.1, 0.15) is 45.6 Å². The number of hydrogen-bond donors (Lipinski definition) is 1. The van der Waals surface area contributed by atoms with E-state index in [0.29, 0.717) is 11.6 Å². The predicted molar refractivity (Wildman–Crippen MR) is 85.0 cm³/mol. The largest absolute Gasteiger partial charge is 0.311 e. The molecule has 1 aromatic rings. The highest BCUT2D eigenvalue weighted by atomic mass is 32.1. The molecule has 1 atom stereocenters. The van der Waals surface area contributed by atoms with Crippen LogP contribution >= 0.6 is 11.3 Å².